The molecule has 0 aliphatic heterocycles. The van der Waals surface area contributed by atoms with E-state index in [2.05, 4.69) is 0 Å². The zero-order valence-electron chi connectivity index (χ0n) is 8.48. The zero-order valence-corrected chi connectivity index (χ0v) is 8.48. The summed E-state index contributed by atoms with van der Waals surface area (Å²) in [5, 5.41) is 10.6. The second-order valence-corrected chi connectivity index (χ2v) is 4.03. The molecule has 2 unspecified atom stereocenters. The maximum atomic E-state index is 12.5. The summed E-state index contributed by atoms with van der Waals surface area (Å²) in [7, 11) is 0. The summed E-state index contributed by atoms with van der Waals surface area (Å²) >= 11 is 0. The molecule has 0 amide bonds. The normalized spacial score (nSPS) is 24.2. The molecule has 1 aliphatic carbocycles. The molecule has 0 radical (unpaired) electrons. The van der Waals surface area contributed by atoms with E-state index in [9.17, 15) is 18.9 Å². The second kappa shape index (κ2) is 4.15. The van der Waals surface area contributed by atoms with Crippen LogP contribution in [0.15, 0.2) is 24.3 Å². The Kier molecular flexibility index (Phi) is 2.85. The summed E-state index contributed by atoms with van der Waals surface area (Å²) in [5.41, 5.74) is 0.628. The molecule has 1 saturated carbocycles. The molecule has 2 atom stereocenters. The molecule has 3 nitrogen and oxygen atoms in total. The first-order valence-electron chi connectivity index (χ1n) is 5.12. The number of hydrogen-bond acceptors (Lipinski definition) is 2. The van der Waals surface area contributed by atoms with Crippen LogP contribution in [0.25, 0.3) is 0 Å². The highest BCUT2D eigenvalue weighted by atomic mass is 19.3. The van der Waals surface area contributed by atoms with Gasteiger partial charge in [-0.15, -0.1) is 0 Å². The van der Waals surface area contributed by atoms with Crippen LogP contribution in [0.3, 0.4) is 0 Å². The highest BCUT2D eigenvalue weighted by molar-refractivity contribution is 5.37. The van der Waals surface area contributed by atoms with Crippen LogP contribution in [0.1, 0.15) is 24.3 Å². The molecule has 0 saturated heterocycles. The summed E-state index contributed by atoms with van der Waals surface area (Å²) in [4.78, 5) is 10.1. The fraction of sp³-hybridized carbons (Fsp3) is 0.455. The van der Waals surface area contributed by atoms with Crippen molar-refractivity contribution < 1.29 is 13.7 Å². The van der Waals surface area contributed by atoms with Crippen molar-refractivity contribution in [3.63, 3.8) is 0 Å². The third-order valence-corrected chi connectivity index (χ3v) is 3.16. The monoisotopic (exact) mass is 227 g/mol. The van der Waals surface area contributed by atoms with Crippen molar-refractivity contribution in [2.45, 2.75) is 25.2 Å². The first kappa shape index (κ1) is 11.0. The van der Waals surface area contributed by atoms with Gasteiger partial charge in [-0.3, -0.25) is 10.1 Å². The number of halogens is 2. The SMILES string of the molecule is O=[N+]([O-])c1cccc(C2CCC2C(F)F)c1. The molecule has 0 heterocycles. The number of nitro benzene ring substituents is 1. The number of nitrogens with zero attached hydrogens (tertiary/aromatic N) is 1. The molecule has 0 spiro atoms. The molecular formula is C11H11F2NO2. The molecule has 0 aromatic heterocycles. The van der Waals surface area contributed by atoms with Gasteiger partial charge in [0.25, 0.3) is 5.69 Å². The maximum Gasteiger partial charge on any atom is 0.269 e. The van der Waals surface area contributed by atoms with Gasteiger partial charge in [-0.1, -0.05) is 12.1 Å². The van der Waals surface area contributed by atoms with Crippen LogP contribution >= 0.6 is 0 Å². The Bertz CT molecular complexity index is 409. The number of alkyl halides is 2. The molecular weight excluding hydrogens is 216 g/mol. The first-order chi connectivity index (χ1) is 7.59. The smallest absolute Gasteiger partial charge is 0.258 e. The van der Waals surface area contributed by atoms with Gasteiger partial charge in [0.15, 0.2) is 0 Å². The molecule has 1 aromatic carbocycles. The Balaban J connectivity index is 2.21. The van der Waals surface area contributed by atoms with Gasteiger partial charge in [-0.25, -0.2) is 8.78 Å². The predicted octanol–water partition coefficient (Wildman–Crippen LogP) is 3.35. The summed E-state index contributed by atoms with van der Waals surface area (Å²) in [6.45, 7) is 0. The Morgan fingerprint density at radius 2 is 2.12 bits per heavy atom. The van der Waals surface area contributed by atoms with Crippen LogP contribution in [0, 0.1) is 16.0 Å². The Morgan fingerprint density at radius 3 is 2.62 bits per heavy atom. The highest BCUT2D eigenvalue weighted by Gasteiger charge is 2.38. The Labute approximate surface area is 91.2 Å². The minimum atomic E-state index is -2.34. The van der Waals surface area contributed by atoms with Gasteiger partial charge >= 0.3 is 0 Å². The third kappa shape index (κ3) is 1.89. The van der Waals surface area contributed by atoms with Crippen LogP contribution < -0.4 is 0 Å². The molecule has 0 bridgehead atoms. The van der Waals surface area contributed by atoms with Crippen molar-refractivity contribution >= 4 is 5.69 Å². The van der Waals surface area contributed by atoms with E-state index in [1.807, 2.05) is 0 Å². The van der Waals surface area contributed by atoms with E-state index in [0.29, 0.717) is 18.4 Å². The number of rotatable bonds is 3. The molecule has 1 aromatic rings. The number of benzene rings is 1. The quantitative estimate of drug-likeness (QED) is 0.587. The minimum absolute atomic E-state index is 0.0302. The average Bonchev–Trinajstić information content (AvgIpc) is 2.15. The van der Waals surface area contributed by atoms with Gasteiger partial charge in [-0.2, -0.15) is 0 Å². The fourth-order valence-corrected chi connectivity index (χ4v) is 2.11. The van der Waals surface area contributed by atoms with Crippen molar-refractivity contribution in [1.29, 1.82) is 0 Å². The third-order valence-electron chi connectivity index (χ3n) is 3.16. The van der Waals surface area contributed by atoms with Crippen LogP contribution in [0.2, 0.25) is 0 Å². The molecule has 1 fully saturated rings. The van der Waals surface area contributed by atoms with Gasteiger partial charge in [0.05, 0.1) is 4.92 Å². The summed E-state index contributed by atoms with van der Waals surface area (Å²) < 4.78 is 25.1. The molecule has 2 rings (SSSR count). The fourth-order valence-electron chi connectivity index (χ4n) is 2.11. The Hall–Kier alpha value is -1.52. The van der Waals surface area contributed by atoms with E-state index in [4.69, 9.17) is 0 Å². The van der Waals surface area contributed by atoms with Crippen LogP contribution in [-0.2, 0) is 0 Å². The lowest BCUT2D eigenvalue weighted by atomic mass is 9.70. The van der Waals surface area contributed by atoms with Gasteiger partial charge in [-0.05, 0) is 24.3 Å². The van der Waals surface area contributed by atoms with Crippen molar-refractivity contribution in [3.8, 4) is 0 Å². The van der Waals surface area contributed by atoms with Crippen molar-refractivity contribution in [3.05, 3.63) is 39.9 Å². The Morgan fingerprint density at radius 1 is 1.38 bits per heavy atom. The van der Waals surface area contributed by atoms with Gasteiger partial charge in [0.1, 0.15) is 0 Å². The molecule has 16 heavy (non-hydrogen) atoms. The van der Waals surface area contributed by atoms with E-state index in [0.717, 1.165) is 0 Å². The van der Waals surface area contributed by atoms with E-state index >= 15 is 0 Å². The minimum Gasteiger partial charge on any atom is -0.258 e. The second-order valence-electron chi connectivity index (χ2n) is 4.03. The summed E-state index contributed by atoms with van der Waals surface area (Å²) in [6.07, 6.45) is -1.14. The van der Waals surface area contributed by atoms with Crippen molar-refractivity contribution in [2.75, 3.05) is 0 Å². The van der Waals surface area contributed by atoms with E-state index in [-0.39, 0.29) is 11.6 Å². The van der Waals surface area contributed by atoms with Crippen molar-refractivity contribution in [1.82, 2.24) is 0 Å². The number of nitro groups is 1. The summed E-state index contributed by atoms with van der Waals surface area (Å²) in [5.74, 6) is -0.859. The largest absolute Gasteiger partial charge is 0.269 e. The van der Waals surface area contributed by atoms with Crippen LogP contribution in [0.5, 0.6) is 0 Å². The molecule has 86 valence electrons. The lowest BCUT2D eigenvalue weighted by molar-refractivity contribution is -0.385. The lowest BCUT2D eigenvalue weighted by Crippen LogP contribution is -2.29. The molecule has 0 N–H and O–H groups in total. The number of non-ortho nitro benzene ring substituents is 1. The van der Waals surface area contributed by atoms with Crippen LogP contribution in [-0.4, -0.2) is 11.3 Å². The van der Waals surface area contributed by atoms with Gasteiger partial charge < -0.3 is 0 Å². The zero-order chi connectivity index (χ0) is 11.7. The summed E-state index contributed by atoms with van der Waals surface area (Å²) in [6, 6.07) is 6.01. The van der Waals surface area contributed by atoms with Gasteiger partial charge in [0.2, 0.25) is 6.43 Å². The van der Waals surface area contributed by atoms with E-state index in [1.54, 1.807) is 12.1 Å². The van der Waals surface area contributed by atoms with Crippen LogP contribution in [0.4, 0.5) is 14.5 Å². The lowest BCUT2D eigenvalue weighted by Gasteiger charge is -2.36. The van der Waals surface area contributed by atoms with E-state index in [1.165, 1.54) is 12.1 Å². The molecule has 1 aliphatic rings. The molecule has 5 heteroatoms. The standard InChI is InChI=1S/C11H11F2NO2/c12-11(13)10-5-4-9(10)7-2-1-3-8(6-7)14(15)16/h1-3,6,9-11H,4-5H2. The topological polar surface area (TPSA) is 43.1 Å². The first-order valence-corrected chi connectivity index (χ1v) is 5.12. The van der Waals surface area contributed by atoms with E-state index < -0.39 is 17.3 Å². The maximum absolute atomic E-state index is 12.5. The highest BCUT2D eigenvalue weighted by Crippen LogP contribution is 2.46. The van der Waals surface area contributed by atoms with Gasteiger partial charge in [0, 0.05) is 18.1 Å². The average molecular weight is 227 g/mol. The number of hydrogen-bond donors (Lipinski definition) is 0. The van der Waals surface area contributed by atoms with Crippen molar-refractivity contribution in [2.24, 2.45) is 5.92 Å². The predicted molar refractivity (Wildman–Crippen MR) is 54.6 cm³/mol.